The van der Waals surface area contributed by atoms with Gasteiger partial charge in [-0.1, -0.05) is 13.8 Å². The Morgan fingerprint density at radius 3 is 2.00 bits per heavy atom. The second-order valence-corrected chi connectivity index (χ2v) is 4.42. The van der Waals surface area contributed by atoms with Crippen LogP contribution in [0.15, 0.2) is 0 Å². The number of hydrogen-bond acceptors (Lipinski definition) is 3. The van der Waals surface area contributed by atoms with Crippen LogP contribution in [0.2, 0.25) is 0 Å². The molecular formula is C14H24N2O. The zero-order valence-electron chi connectivity index (χ0n) is 11.1. The number of nitrogens with two attached hydrogens (primary N) is 2. The molecule has 0 spiro atoms. The lowest BCUT2D eigenvalue weighted by Gasteiger charge is -2.20. The third-order valence-corrected chi connectivity index (χ3v) is 3.49. The fraction of sp³-hybridized carbons (Fsp3) is 0.571. The molecule has 1 aromatic rings. The SMILES string of the molecule is CCc1c(N)c(N)c(C)c(CCCO)c1CC. The van der Waals surface area contributed by atoms with Crippen molar-refractivity contribution in [3.05, 3.63) is 22.3 Å². The van der Waals surface area contributed by atoms with Gasteiger partial charge in [-0.3, -0.25) is 0 Å². The highest BCUT2D eigenvalue weighted by atomic mass is 16.2. The molecule has 0 aliphatic heterocycles. The molecule has 1 aromatic carbocycles. The van der Waals surface area contributed by atoms with Crippen LogP contribution in [-0.4, -0.2) is 11.7 Å². The van der Waals surface area contributed by atoms with E-state index in [1.165, 1.54) is 16.7 Å². The standard InChI is InChI=1S/C14H24N2O/c1-4-10-11(5-2)14(16)13(15)9(3)12(10)7-6-8-17/h17H,4-8,15-16H2,1-3H3. The Hall–Kier alpha value is -1.22. The van der Waals surface area contributed by atoms with Crippen molar-refractivity contribution in [1.29, 1.82) is 0 Å². The summed E-state index contributed by atoms with van der Waals surface area (Å²) in [5, 5.41) is 8.98. The number of hydrogen-bond donors (Lipinski definition) is 3. The molecule has 0 aliphatic carbocycles. The van der Waals surface area contributed by atoms with Crippen LogP contribution in [0.3, 0.4) is 0 Å². The van der Waals surface area contributed by atoms with Gasteiger partial charge in [-0.25, -0.2) is 0 Å². The van der Waals surface area contributed by atoms with Crippen molar-refractivity contribution in [2.75, 3.05) is 18.1 Å². The van der Waals surface area contributed by atoms with Gasteiger partial charge in [0.1, 0.15) is 0 Å². The Morgan fingerprint density at radius 1 is 0.941 bits per heavy atom. The Morgan fingerprint density at radius 2 is 1.53 bits per heavy atom. The van der Waals surface area contributed by atoms with Gasteiger partial charge in [0.15, 0.2) is 0 Å². The maximum atomic E-state index is 8.98. The molecule has 0 bridgehead atoms. The molecule has 0 radical (unpaired) electrons. The fourth-order valence-corrected chi connectivity index (χ4v) is 2.52. The Kier molecular flexibility index (Phi) is 4.82. The van der Waals surface area contributed by atoms with Gasteiger partial charge in [0.2, 0.25) is 0 Å². The first-order valence-corrected chi connectivity index (χ1v) is 6.37. The molecule has 0 heterocycles. The Labute approximate surface area is 104 Å². The summed E-state index contributed by atoms with van der Waals surface area (Å²) in [6.45, 7) is 6.49. The fourth-order valence-electron chi connectivity index (χ4n) is 2.52. The van der Waals surface area contributed by atoms with Crippen molar-refractivity contribution in [3.8, 4) is 0 Å². The first-order valence-electron chi connectivity index (χ1n) is 6.37. The summed E-state index contributed by atoms with van der Waals surface area (Å²) in [7, 11) is 0. The first-order chi connectivity index (χ1) is 8.08. The summed E-state index contributed by atoms with van der Waals surface area (Å²) in [4.78, 5) is 0. The number of aliphatic hydroxyl groups is 1. The molecule has 0 saturated heterocycles. The van der Waals surface area contributed by atoms with Crippen molar-refractivity contribution >= 4 is 11.4 Å². The molecular weight excluding hydrogens is 212 g/mol. The van der Waals surface area contributed by atoms with E-state index in [-0.39, 0.29) is 6.61 Å². The van der Waals surface area contributed by atoms with Crippen LogP contribution < -0.4 is 11.5 Å². The van der Waals surface area contributed by atoms with Crippen molar-refractivity contribution in [1.82, 2.24) is 0 Å². The number of rotatable bonds is 5. The van der Waals surface area contributed by atoms with Crippen LogP contribution in [0.1, 0.15) is 42.5 Å². The monoisotopic (exact) mass is 236 g/mol. The summed E-state index contributed by atoms with van der Waals surface area (Å²) < 4.78 is 0. The van der Waals surface area contributed by atoms with E-state index in [0.717, 1.165) is 36.9 Å². The van der Waals surface area contributed by atoms with Gasteiger partial charge in [0, 0.05) is 6.61 Å². The van der Waals surface area contributed by atoms with Crippen molar-refractivity contribution in [2.24, 2.45) is 0 Å². The molecule has 0 fully saturated rings. The molecule has 0 unspecified atom stereocenters. The lowest BCUT2D eigenvalue weighted by atomic mass is 9.88. The van der Waals surface area contributed by atoms with Gasteiger partial charge in [-0.15, -0.1) is 0 Å². The molecule has 0 amide bonds. The minimum Gasteiger partial charge on any atom is -0.397 e. The lowest BCUT2D eigenvalue weighted by molar-refractivity contribution is 0.288. The predicted octanol–water partition coefficient (Wildman–Crippen LogP) is 2.21. The van der Waals surface area contributed by atoms with E-state index in [0.29, 0.717) is 5.69 Å². The summed E-state index contributed by atoms with van der Waals surface area (Å²) in [6, 6.07) is 0. The smallest absolute Gasteiger partial charge is 0.0585 e. The third-order valence-electron chi connectivity index (χ3n) is 3.49. The number of aliphatic hydroxyl groups excluding tert-OH is 1. The van der Waals surface area contributed by atoms with E-state index in [2.05, 4.69) is 13.8 Å². The van der Waals surface area contributed by atoms with E-state index in [9.17, 15) is 0 Å². The largest absolute Gasteiger partial charge is 0.397 e. The van der Waals surface area contributed by atoms with Crippen molar-refractivity contribution < 1.29 is 5.11 Å². The summed E-state index contributed by atoms with van der Waals surface area (Å²) >= 11 is 0. The average Bonchev–Trinajstić information content (AvgIpc) is 2.34. The van der Waals surface area contributed by atoms with Gasteiger partial charge < -0.3 is 16.6 Å². The zero-order chi connectivity index (χ0) is 13.0. The highest BCUT2D eigenvalue weighted by Crippen LogP contribution is 2.33. The highest BCUT2D eigenvalue weighted by molar-refractivity contribution is 5.75. The van der Waals surface area contributed by atoms with Crippen LogP contribution in [0.25, 0.3) is 0 Å². The molecule has 0 aliphatic rings. The van der Waals surface area contributed by atoms with E-state index >= 15 is 0 Å². The number of anilines is 2. The van der Waals surface area contributed by atoms with Crippen molar-refractivity contribution in [3.63, 3.8) is 0 Å². The topological polar surface area (TPSA) is 72.3 Å². The third kappa shape index (κ3) is 2.55. The van der Waals surface area contributed by atoms with Gasteiger partial charge in [0.05, 0.1) is 11.4 Å². The minimum absolute atomic E-state index is 0.217. The second-order valence-electron chi connectivity index (χ2n) is 4.42. The van der Waals surface area contributed by atoms with E-state index in [1.807, 2.05) is 6.92 Å². The van der Waals surface area contributed by atoms with Crippen LogP contribution in [-0.2, 0) is 19.3 Å². The number of nitrogen functional groups attached to an aromatic ring is 2. The van der Waals surface area contributed by atoms with Crippen LogP contribution in [0.5, 0.6) is 0 Å². The van der Waals surface area contributed by atoms with E-state index in [1.54, 1.807) is 0 Å². The second kappa shape index (κ2) is 5.92. The lowest BCUT2D eigenvalue weighted by Crippen LogP contribution is -2.10. The first kappa shape index (κ1) is 13.8. The molecule has 0 saturated carbocycles. The van der Waals surface area contributed by atoms with Crippen LogP contribution >= 0.6 is 0 Å². The van der Waals surface area contributed by atoms with Gasteiger partial charge in [-0.2, -0.15) is 0 Å². The highest BCUT2D eigenvalue weighted by Gasteiger charge is 2.16. The summed E-state index contributed by atoms with van der Waals surface area (Å²) in [5.74, 6) is 0. The Balaban J connectivity index is 3.39. The Bertz CT molecular complexity index is 400. The van der Waals surface area contributed by atoms with E-state index in [4.69, 9.17) is 16.6 Å². The molecule has 3 nitrogen and oxygen atoms in total. The van der Waals surface area contributed by atoms with Gasteiger partial charge >= 0.3 is 0 Å². The number of benzene rings is 1. The summed E-state index contributed by atoms with van der Waals surface area (Å²) in [5.41, 5.74) is 18.5. The van der Waals surface area contributed by atoms with Crippen molar-refractivity contribution in [2.45, 2.75) is 46.5 Å². The average molecular weight is 236 g/mol. The maximum Gasteiger partial charge on any atom is 0.0585 e. The molecule has 3 heteroatoms. The minimum atomic E-state index is 0.217. The summed E-state index contributed by atoms with van der Waals surface area (Å²) in [6.07, 6.45) is 3.53. The van der Waals surface area contributed by atoms with Crippen LogP contribution in [0.4, 0.5) is 11.4 Å². The van der Waals surface area contributed by atoms with E-state index < -0.39 is 0 Å². The van der Waals surface area contributed by atoms with Gasteiger partial charge in [-0.05, 0) is 54.9 Å². The molecule has 1 rings (SSSR count). The van der Waals surface area contributed by atoms with Gasteiger partial charge in [0.25, 0.3) is 0 Å². The normalized spacial score (nSPS) is 10.8. The quantitative estimate of drug-likeness (QED) is 0.686. The zero-order valence-corrected chi connectivity index (χ0v) is 11.1. The molecule has 5 N–H and O–H groups in total. The molecule has 96 valence electrons. The molecule has 0 aromatic heterocycles. The molecule has 17 heavy (non-hydrogen) atoms. The van der Waals surface area contributed by atoms with Crippen LogP contribution in [0, 0.1) is 6.92 Å². The molecule has 0 atom stereocenters. The maximum absolute atomic E-state index is 8.98. The predicted molar refractivity (Wildman–Crippen MR) is 74.2 cm³/mol.